The Labute approximate surface area is 169 Å². The van der Waals surface area contributed by atoms with E-state index in [-0.39, 0.29) is 11.9 Å². The summed E-state index contributed by atoms with van der Waals surface area (Å²) in [6.07, 6.45) is 1.90. The molecule has 0 saturated carbocycles. The Kier molecular flexibility index (Phi) is 5.92. The van der Waals surface area contributed by atoms with Gasteiger partial charge in [0, 0.05) is 25.8 Å². The number of halogens is 1. The molecular formula is C21H22ClN3OS. The van der Waals surface area contributed by atoms with E-state index < -0.39 is 0 Å². The van der Waals surface area contributed by atoms with Crippen molar-refractivity contribution in [3.63, 3.8) is 0 Å². The molecule has 1 saturated heterocycles. The number of carbonyl (C=O) groups is 1. The highest BCUT2D eigenvalue weighted by Gasteiger charge is 2.35. The van der Waals surface area contributed by atoms with Crippen LogP contribution in [0, 0.1) is 0 Å². The molecule has 1 amide bonds. The zero-order chi connectivity index (χ0) is 19.6. The predicted octanol–water partition coefficient (Wildman–Crippen LogP) is 5.29. The van der Waals surface area contributed by atoms with Crippen LogP contribution in [0.1, 0.15) is 19.4 Å². The third kappa shape index (κ3) is 4.37. The topological polar surface area (TPSA) is 35.9 Å². The molecule has 1 aliphatic rings. The quantitative estimate of drug-likeness (QED) is 0.655. The first-order valence-electron chi connectivity index (χ1n) is 8.70. The second-order valence-electron chi connectivity index (χ2n) is 6.69. The maximum absolute atomic E-state index is 13.1. The molecule has 4 nitrogen and oxygen atoms in total. The van der Waals surface area contributed by atoms with Crippen molar-refractivity contribution in [2.45, 2.75) is 19.9 Å². The number of aliphatic imine (C=N–C) groups is 1. The van der Waals surface area contributed by atoms with Gasteiger partial charge in [-0.2, -0.15) is 0 Å². The molecule has 27 heavy (non-hydrogen) atoms. The highest BCUT2D eigenvalue weighted by atomic mass is 35.5. The van der Waals surface area contributed by atoms with Crippen LogP contribution in [0.15, 0.2) is 58.4 Å². The summed E-state index contributed by atoms with van der Waals surface area (Å²) in [4.78, 5) is 22.0. The Hall–Kier alpha value is -2.24. The number of anilines is 2. The number of hydrogen-bond acceptors (Lipinski definition) is 4. The van der Waals surface area contributed by atoms with E-state index >= 15 is 0 Å². The Bertz CT molecular complexity index is 904. The summed E-state index contributed by atoms with van der Waals surface area (Å²) >= 11 is 7.73. The molecule has 0 radical (unpaired) electrons. The average molecular weight is 400 g/mol. The molecule has 0 unspecified atom stereocenters. The van der Waals surface area contributed by atoms with Crippen molar-refractivity contribution in [2.75, 3.05) is 23.9 Å². The number of carbonyl (C=O) groups excluding carboxylic acids is 1. The first-order valence-corrected chi connectivity index (χ1v) is 9.90. The van der Waals surface area contributed by atoms with Crippen LogP contribution in [0.3, 0.4) is 0 Å². The van der Waals surface area contributed by atoms with E-state index in [1.54, 1.807) is 11.0 Å². The highest BCUT2D eigenvalue weighted by Crippen LogP contribution is 2.39. The lowest BCUT2D eigenvalue weighted by molar-refractivity contribution is -0.113. The fourth-order valence-corrected chi connectivity index (χ4v) is 3.97. The van der Waals surface area contributed by atoms with Crippen molar-refractivity contribution in [3.8, 4) is 0 Å². The number of thioether (sulfide) groups is 1. The molecule has 0 N–H and O–H groups in total. The molecule has 0 aromatic heterocycles. The number of rotatable bonds is 4. The van der Waals surface area contributed by atoms with E-state index in [1.165, 1.54) is 11.8 Å². The summed E-state index contributed by atoms with van der Waals surface area (Å²) in [7, 11) is 4.00. The number of amides is 1. The third-order valence-corrected chi connectivity index (χ3v) is 5.28. The standard InChI is InChI=1S/C21H22ClN3OS/c1-14(2)23-21-25(18-8-6-5-7-17(18)22)20(26)19(27-21)13-15-9-11-16(12-10-15)24(3)4/h5-14H,1-4H3/b19-13-,23-21?. The summed E-state index contributed by atoms with van der Waals surface area (Å²) in [5.74, 6) is -0.107. The molecule has 0 atom stereocenters. The first kappa shape index (κ1) is 19.5. The van der Waals surface area contributed by atoms with Gasteiger partial charge in [-0.25, -0.2) is 0 Å². The molecule has 1 aliphatic heterocycles. The fraction of sp³-hybridized carbons (Fsp3) is 0.238. The van der Waals surface area contributed by atoms with Crippen LogP contribution in [0.25, 0.3) is 6.08 Å². The second-order valence-corrected chi connectivity index (χ2v) is 8.11. The molecule has 1 heterocycles. The van der Waals surface area contributed by atoms with E-state index in [1.807, 2.05) is 81.4 Å². The third-order valence-electron chi connectivity index (χ3n) is 3.98. The second kappa shape index (κ2) is 8.19. The van der Waals surface area contributed by atoms with Crippen LogP contribution < -0.4 is 9.80 Å². The Balaban J connectivity index is 1.99. The summed E-state index contributed by atoms with van der Waals surface area (Å²) in [6.45, 7) is 3.98. The maximum Gasteiger partial charge on any atom is 0.271 e. The van der Waals surface area contributed by atoms with Crippen LogP contribution in [-0.4, -0.2) is 31.2 Å². The number of benzene rings is 2. The largest absolute Gasteiger partial charge is 0.378 e. The smallest absolute Gasteiger partial charge is 0.271 e. The van der Waals surface area contributed by atoms with Crippen molar-refractivity contribution in [3.05, 3.63) is 64.0 Å². The number of para-hydroxylation sites is 1. The summed E-state index contributed by atoms with van der Waals surface area (Å²) in [5.41, 5.74) is 2.74. The Morgan fingerprint density at radius 3 is 2.37 bits per heavy atom. The molecule has 6 heteroatoms. The molecule has 0 aliphatic carbocycles. The van der Waals surface area contributed by atoms with Crippen molar-refractivity contribution in [2.24, 2.45) is 4.99 Å². The van der Waals surface area contributed by atoms with Crippen LogP contribution in [-0.2, 0) is 4.79 Å². The van der Waals surface area contributed by atoms with Gasteiger partial charge in [0.1, 0.15) is 0 Å². The van der Waals surface area contributed by atoms with Crippen molar-refractivity contribution < 1.29 is 4.79 Å². The van der Waals surface area contributed by atoms with Gasteiger partial charge < -0.3 is 4.90 Å². The van der Waals surface area contributed by atoms with Gasteiger partial charge in [0.15, 0.2) is 5.17 Å². The van der Waals surface area contributed by atoms with Crippen LogP contribution in [0.2, 0.25) is 5.02 Å². The van der Waals surface area contributed by atoms with Crippen molar-refractivity contribution in [1.82, 2.24) is 0 Å². The van der Waals surface area contributed by atoms with Gasteiger partial charge in [0.25, 0.3) is 5.91 Å². The minimum atomic E-state index is -0.107. The van der Waals surface area contributed by atoms with E-state index in [4.69, 9.17) is 11.6 Å². The lowest BCUT2D eigenvalue weighted by atomic mass is 10.2. The zero-order valence-electron chi connectivity index (χ0n) is 15.8. The van der Waals surface area contributed by atoms with E-state index in [0.717, 1.165) is 11.3 Å². The number of amidine groups is 1. The summed E-state index contributed by atoms with van der Waals surface area (Å²) in [5, 5.41) is 1.18. The van der Waals surface area contributed by atoms with Gasteiger partial charge in [-0.1, -0.05) is 35.9 Å². The van der Waals surface area contributed by atoms with E-state index in [9.17, 15) is 4.79 Å². The Morgan fingerprint density at radius 2 is 1.78 bits per heavy atom. The molecule has 0 bridgehead atoms. The van der Waals surface area contributed by atoms with Crippen LogP contribution in [0.4, 0.5) is 11.4 Å². The van der Waals surface area contributed by atoms with Gasteiger partial charge >= 0.3 is 0 Å². The van der Waals surface area contributed by atoms with Crippen LogP contribution >= 0.6 is 23.4 Å². The van der Waals surface area contributed by atoms with E-state index in [0.29, 0.717) is 20.8 Å². The Morgan fingerprint density at radius 1 is 1.11 bits per heavy atom. The molecule has 2 aromatic rings. The minimum absolute atomic E-state index is 0.0732. The molecule has 0 spiro atoms. The van der Waals surface area contributed by atoms with Gasteiger partial charge in [0.05, 0.1) is 15.6 Å². The first-order chi connectivity index (χ1) is 12.9. The lowest BCUT2D eigenvalue weighted by Gasteiger charge is -2.17. The molecule has 140 valence electrons. The van der Waals surface area contributed by atoms with Gasteiger partial charge in [-0.3, -0.25) is 14.7 Å². The monoisotopic (exact) mass is 399 g/mol. The maximum atomic E-state index is 13.1. The molecule has 3 rings (SSSR count). The zero-order valence-corrected chi connectivity index (χ0v) is 17.4. The van der Waals surface area contributed by atoms with Gasteiger partial charge in [-0.05, 0) is 61.5 Å². The van der Waals surface area contributed by atoms with Gasteiger partial charge in [0.2, 0.25) is 0 Å². The van der Waals surface area contributed by atoms with Crippen molar-refractivity contribution >= 4 is 51.9 Å². The fourth-order valence-electron chi connectivity index (χ4n) is 2.65. The average Bonchev–Trinajstić information content (AvgIpc) is 2.90. The van der Waals surface area contributed by atoms with Gasteiger partial charge in [-0.15, -0.1) is 0 Å². The lowest BCUT2D eigenvalue weighted by Crippen LogP contribution is -2.29. The number of hydrogen-bond donors (Lipinski definition) is 0. The SMILES string of the molecule is CC(C)N=C1S/C(=C\c2ccc(N(C)C)cc2)C(=O)N1c1ccccc1Cl. The van der Waals surface area contributed by atoms with E-state index in [2.05, 4.69) is 4.99 Å². The molecule has 2 aromatic carbocycles. The normalized spacial score (nSPS) is 17.4. The molecule has 1 fully saturated rings. The highest BCUT2D eigenvalue weighted by molar-refractivity contribution is 8.19. The minimum Gasteiger partial charge on any atom is -0.378 e. The van der Waals surface area contributed by atoms with Crippen molar-refractivity contribution in [1.29, 1.82) is 0 Å². The molecular weight excluding hydrogens is 378 g/mol. The summed E-state index contributed by atoms with van der Waals surface area (Å²) in [6, 6.07) is 15.5. The number of nitrogens with zero attached hydrogens (tertiary/aromatic N) is 3. The van der Waals surface area contributed by atoms with Crippen LogP contribution in [0.5, 0.6) is 0 Å². The summed E-state index contributed by atoms with van der Waals surface area (Å²) < 4.78 is 0. The predicted molar refractivity (Wildman–Crippen MR) is 118 cm³/mol.